The lowest BCUT2D eigenvalue weighted by Crippen LogP contribution is -2.37. The minimum absolute atomic E-state index is 0.212. The second-order valence-electron chi connectivity index (χ2n) is 4.78. The van der Waals surface area contributed by atoms with Gasteiger partial charge in [0.15, 0.2) is 12.4 Å². The number of aliphatic hydroxyl groups is 1. The lowest BCUT2D eigenvalue weighted by Gasteiger charge is -2.17. The van der Waals surface area contributed by atoms with Crippen LogP contribution in [-0.2, 0) is 14.3 Å². The summed E-state index contributed by atoms with van der Waals surface area (Å²) in [5.41, 5.74) is -1.18. The minimum Gasteiger partial charge on any atom is -0.463 e. The quantitative estimate of drug-likeness (QED) is 0.693. The van der Waals surface area contributed by atoms with Gasteiger partial charge in [0.2, 0.25) is 0 Å². The number of halogens is 1. The molecule has 1 fully saturated rings. The molecule has 0 aromatic carbocycles. The van der Waals surface area contributed by atoms with Crippen molar-refractivity contribution in [3.05, 3.63) is 32.6 Å². The van der Waals surface area contributed by atoms with Crippen LogP contribution in [-0.4, -0.2) is 45.6 Å². The summed E-state index contributed by atoms with van der Waals surface area (Å²) in [5.74, 6) is -0.610. The van der Waals surface area contributed by atoms with E-state index in [4.69, 9.17) is 4.74 Å². The molecule has 21 heavy (non-hydrogen) atoms. The third-order valence-corrected chi connectivity index (χ3v) is 3.16. The number of nitrogens with one attached hydrogen (secondary N) is 1. The highest BCUT2D eigenvalue weighted by Crippen LogP contribution is 2.30. The Kier molecular flexibility index (Phi) is 4.24. The van der Waals surface area contributed by atoms with E-state index in [2.05, 4.69) is 4.74 Å². The molecule has 1 aliphatic heterocycles. The summed E-state index contributed by atoms with van der Waals surface area (Å²) in [6.07, 6.45) is -4.76. The van der Waals surface area contributed by atoms with Crippen LogP contribution in [0.1, 0.15) is 18.7 Å². The van der Waals surface area contributed by atoms with Crippen LogP contribution in [0.2, 0.25) is 0 Å². The number of H-pyrrole nitrogens is 1. The van der Waals surface area contributed by atoms with Crippen LogP contribution < -0.4 is 11.2 Å². The van der Waals surface area contributed by atoms with Crippen LogP contribution in [0.5, 0.6) is 0 Å². The van der Waals surface area contributed by atoms with Gasteiger partial charge in [0, 0.05) is 18.7 Å². The Hall–Kier alpha value is -2.00. The minimum atomic E-state index is -1.83. The van der Waals surface area contributed by atoms with Gasteiger partial charge in [0.1, 0.15) is 18.8 Å². The molecule has 0 saturated carbocycles. The van der Waals surface area contributed by atoms with Gasteiger partial charge in [-0.2, -0.15) is 0 Å². The first-order valence-corrected chi connectivity index (χ1v) is 6.24. The molecule has 2 N–H and O–H groups in total. The van der Waals surface area contributed by atoms with Crippen molar-refractivity contribution in [2.45, 2.75) is 38.5 Å². The van der Waals surface area contributed by atoms with E-state index in [9.17, 15) is 23.9 Å². The van der Waals surface area contributed by atoms with Crippen molar-refractivity contribution in [1.82, 2.24) is 9.55 Å². The zero-order valence-electron chi connectivity index (χ0n) is 11.4. The predicted octanol–water partition coefficient (Wildman–Crippen LogP) is -0.995. The molecule has 2 rings (SSSR count). The third kappa shape index (κ3) is 3.03. The SMILES string of the molecule is CC(=O)OC[C@H]1O[C@@H](n2cc(C)c(=O)[nH]c2=O)C(O)C1F. The second-order valence-corrected chi connectivity index (χ2v) is 4.78. The number of nitrogens with zero attached hydrogens (tertiary/aromatic N) is 1. The second kappa shape index (κ2) is 5.78. The standard InChI is InChI=1S/C12H15FN2O6/c1-5-3-15(12(19)14-10(5)18)11-9(17)8(13)7(21-11)4-20-6(2)16/h3,7-9,11,17H,4H2,1-2H3,(H,14,18,19)/t7-,8?,9?,11-/m1/s1. The van der Waals surface area contributed by atoms with Crippen molar-refractivity contribution < 1.29 is 23.8 Å². The average Bonchev–Trinajstić information content (AvgIpc) is 2.68. The number of aromatic nitrogens is 2. The fraction of sp³-hybridized carbons (Fsp3) is 0.583. The smallest absolute Gasteiger partial charge is 0.330 e. The van der Waals surface area contributed by atoms with Gasteiger partial charge in [-0.3, -0.25) is 19.1 Å². The van der Waals surface area contributed by atoms with Gasteiger partial charge in [-0.25, -0.2) is 9.18 Å². The largest absolute Gasteiger partial charge is 0.463 e. The van der Waals surface area contributed by atoms with Crippen LogP contribution in [0.25, 0.3) is 0 Å². The summed E-state index contributed by atoms with van der Waals surface area (Å²) >= 11 is 0. The molecule has 0 aliphatic carbocycles. The number of carbonyl (C=O) groups excluding carboxylic acids is 1. The lowest BCUT2D eigenvalue weighted by atomic mass is 10.1. The number of aryl methyl sites for hydroxylation is 1. The Labute approximate surface area is 118 Å². The highest BCUT2D eigenvalue weighted by atomic mass is 19.1. The molecule has 1 aromatic rings. The van der Waals surface area contributed by atoms with E-state index in [-0.39, 0.29) is 12.2 Å². The van der Waals surface area contributed by atoms with Gasteiger partial charge >= 0.3 is 11.7 Å². The molecule has 1 saturated heterocycles. The zero-order chi connectivity index (χ0) is 15.7. The van der Waals surface area contributed by atoms with Gasteiger partial charge in [-0.15, -0.1) is 0 Å². The maximum atomic E-state index is 13.9. The summed E-state index contributed by atoms with van der Waals surface area (Å²) in [6, 6.07) is 0. The van der Waals surface area contributed by atoms with Crippen molar-refractivity contribution >= 4 is 5.97 Å². The lowest BCUT2D eigenvalue weighted by molar-refractivity contribution is -0.146. The highest BCUT2D eigenvalue weighted by Gasteiger charge is 2.46. The molecule has 4 atom stereocenters. The molecule has 0 amide bonds. The molecule has 0 spiro atoms. The molecule has 1 aromatic heterocycles. The van der Waals surface area contributed by atoms with Gasteiger partial charge in [-0.1, -0.05) is 0 Å². The maximum absolute atomic E-state index is 13.9. The number of esters is 1. The van der Waals surface area contributed by atoms with Crippen LogP contribution in [0, 0.1) is 6.92 Å². The molecule has 9 heteroatoms. The van der Waals surface area contributed by atoms with Crippen LogP contribution in [0.4, 0.5) is 4.39 Å². The summed E-state index contributed by atoms with van der Waals surface area (Å²) in [7, 11) is 0. The maximum Gasteiger partial charge on any atom is 0.330 e. The topological polar surface area (TPSA) is 111 Å². The summed E-state index contributed by atoms with van der Waals surface area (Å²) in [6.45, 7) is 2.24. The van der Waals surface area contributed by atoms with Gasteiger partial charge < -0.3 is 14.6 Å². The first kappa shape index (κ1) is 15.4. The Morgan fingerprint density at radius 3 is 2.86 bits per heavy atom. The molecular formula is C12H15FN2O6. The highest BCUT2D eigenvalue weighted by molar-refractivity contribution is 5.65. The molecule has 2 unspecified atom stereocenters. The Bertz CT molecular complexity index is 654. The van der Waals surface area contributed by atoms with Crippen LogP contribution >= 0.6 is 0 Å². The fourth-order valence-corrected chi connectivity index (χ4v) is 2.05. The van der Waals surface area contributed by atoms with Crippen molar-refractivity contribution in [3.8, 4) is 0 Å². The molecule has 0 bridgehead atoms. The summed E-state index contributed by atoms with van der Waals surface area (Å²) < 4.78 is 24.7. The molecule has 116 valence electrons. The predicted molar refractivity (Wildman–Crippen MR) is 67.5 cm³/mol. The number of hydrogen-bond acceptors (Lipinski definition) is 6. The Morgan fingerprint density at radius 1 is 1.57 bits per heavy atom. The van der Waals surface area contributed by atoms with E-state index in [1.807, 2.05) is 4.98 Å². The van der Waals surface area contributed by atoms with E-state index in [1.54, 1.807) is 0 Å². The number of rotatable bonds is 3. The van der Waals surface area contributed by atoms with Crippen LogP contribution in [0.15, 0.2) is 15.8 Å². The number of hydrogen-bond donors (Lipinski definition) is 2. The third-order valence-electron chi connectivity index (χ3n) is 3.16. The molecule has 8 nitrogen and oxygen atoms in total. The molecule has 0 radical (unpaired) electrons. The Morgan fingerprint density at radius 2 is 2.24 bits per heavy atom. The van der Waals surface area contributed by atoms with Crippen molar-refractivity contribution in [2.75, 3.05) is 6.61 Å². The number of aliphatic hydroxyl groups excluding tert-OH is 1. The summed E-state index contributed by atoms with van der Waals surface area (Å²) in [5, 5.41) is 9.84. The summed E-state index contributed by atoms with van der Waals surface area (Å²) in [4.78, 5) is 35.8. The number of carbonyl (C=O) groups is 1. The monoisotopic (exact) mass is 302 g/mol. The van der Waals surface area contributed by atoms with E-state index < -0.39 is 41.8 Å². The van der Waals surface area contributed by atoms with Crippen LogP contribution in [0.3, 0.4) is 0 Å². The fourth-order valence-electron chi connectivity index (χ4n) is 2.05. The molecular weight excluding hydrogens is 287 g/mol. The number of alkyl halides is 1. The van der Waals surface area contributed by atoms with E-state index in [1.165, 1.54) is 13.1 Å². The van der Waals surface area contributed by atoms with Gasteiger partial charge in [0.05, 0.1) is 0 Å². The number of ether oxygens (including phenoxy) is 2. The first-order valence-electron chi connectivity index (χ1n) is 6.24. The van der Waals surface area contributed by atoms with Crippen molar-refractivity contribution in [1.29, 1.82) is 0 Å². The van der Waals surface area contributed by atoms with Crippen molar-refractivity contribution in [3.63, 3.8) is 0 Å². The normalized spacial score (nSPS) is 28.6. The zero-order valence-corrected chi connectivity index (χ0v) is 11.4. The van der Waals surface area contributed by atoms with Gasteiger partial charge in [-0.05, 0) is 6.92 Å². The van der Waals surface area contributed by atoms with E-state index in [0.717, 1.165) is 11.5 Å². The molecule has 2 heterocycles. The van der Waals surface area contributed by atoms with E-state index >= 15 is 0 Å². The number of aromatic amines is 1. The first-order chi connectivity index (χ1) is 9.81. The van der Waals surface area contributed by atoms with E-state index in [0.29, 0.717) is 0 Å². The Balaban J connectivity index is 2.25. The van der Waals surface area contributed by atoms with Crippen molar-refractivity contribution in [2.24, 2.45) is 0 Å². The van der Waals surface area contributed by atoms with Gasteiger partial charge in [0.25, 0.3) is 5.56 Å². The molecule has 1 aliphatic rings. The average molecular weight is 302 g/mol.